The van der Waals surface area contributed by atoms with Crippen LogP contribution in [0.3, 0.4) is 0 Å². The van der Waals surface area contributed by atoms with Gasteiger partial charge in [-0.2, -0.15) is 0 Å². The van der Waals surface area contributed by atoms with Crippen molar-refractivity contribution in [2.45, 2.75) is 45.9 Å². The van der Waals surface area contributed by atoms with Gasteiger partial charge in [0.2, 0.25) is 10.0 Å². The summed E-state index contributed by atoms with van der Waals surface area (Å²) >= 11 is 0. The van der Waals surface area contributed by atoms with Gasteiger partial charge in [0.15, 0.2) is 9.84 Å². The molecule has 1 unspecified atom stereocenters. The lowest BCUT2D eigenvalue weighted by atomic mass is 9.95. The predicted molar refractivity (Wildman–Crippen MR) is 92.1 cm³/mol. The standard InChI is InChI=1S/C16H25NO4S2/c1-10-11(2)13(4)16(14(5)12(10)3)23(20,21)17-8-15-6-7-22(18,19)9-15/h15,17H,6-9H2,1-5H3. The minimum Gasteiger partial charge on any atom is -0.229 e. The minimum atomic E-state index is -3.65. The van der Waals surface area contributed by atoms with Crippen molar-refractivity contribution in [1.29, 1.82) is 0 Å². The minimum absolute atomic E-state index is 0.0689. The molecule has 1 saturated heterocycles. The molecule has 1 heterocycles. The van der Waals surface area contributed by atoms with Gasteiger partial charge in [-0.05, 0) is 74.8 Å². The van der Waals surface area contributed by atoms with Crippen LogP contribution in [0, 0.1) is 40.5 Å². The van der Waals surface area contributed by atoms with E-state index in [0.717, 1.165) is 27.8 Å². The number of nitrogens with one attached hydrogen (secondary N) is 1. The van der Waals surface area contributed by atoms with E-state index < -0.39 is 19.9 Å². The SMILES string of the molecule is Cc1c(C)c(C)c(S(=O)(=O)NCC2CCS(=O)(=O)C2)c(C)c1C. The van der Waals surface area contributed by atoms with Crippen LogP contribution in [0.5, 0.6) is 0 Å². The highest BCUT2D eigenvalue weighted by Gasteiger charge is 2.30. The summed E-state index contributed by atoms with van der Waals surface area (Å²) in [7, 11) is -6.65. The summed E-state index contributed by atoms with van der Waals surface area (Å²) in [5.41, 5.74) is 4.60. The molecule has 1 aliphatic rings. The maximum atomic E-state index is 12.7. The lowest BCUT2D eigenvalue weighted by Gasteiger charge is -2.19. The molecule has 130 valence electrons. The smallest absolute Gasteiger partial charge is 0.229 e. The van der Waals surface area contributed by atoms with E-state index in [-0.39, 0.29) is 24.0 Å². The first-order valence-corrected chi connectivity index (χ1v) is 11.0. The number of rotatable bonds is 4. The predicted octanol–water partition coefficient (Wildman–Crippen LogP) is 1.94. The van der Waals surface area contributed by atoms with Crippen LogP contribution in [0.25, 0.3) is 0 Å². The van der Waals surface area contributed by atoms with Gasteiger partial charge in [0.05, 0.1) is 16.4 Å². The van der Waals surface area contributed by atoms with Crippen LogP contribution in [0.2, 0.25) is 0 Å². The molecule has 23 heavy (non-hydrogen) atoms. The van der Waals surface area contributed by atoms with E-state index in [1.807, 2.05) is 34.6 Å². The maximum absolute atomic E-state index is 12.7. The van der Waals surface area contributed by atoms with Crippen LogP contribution in [0.15, 0.2) is 4.90 Å². The van der Waals surface area contributed by atoms with E-state index in [0.29, 0.717) is 11.3 Å². The molecule has 1 atom stereocenters. The Hall–Kier alpha value is -0.920. The van der Waals surface area contributed by atoms with Crippen LogP contribution < -0.4 is 4.72 Å². The van der Waals surface area contributed by atoms with Gasteiger partial charge in [-0.3, -0.25) is 0 Å². The third kappa shape index (κ3) is 3.61. The van der Waals surface area contributed by atoms with Gasteiger partial charge in [0.25, 0.3) is 0 Å². The zero-order valence-electron chi connectivity index (χ0n) is 14.4. The largest absolute Gasteiger partial charge is 0.241 e. The van der Waals surface area contributed by atoms with Gasteiger partial charge in [0.1, 0.15) is 0 Å². The first-order chi connectivity index (χ1) is 10.5. The molecular formula is C16H25NO4S2. The summed E-state index contributed by atoms with van der Waals surface area (Å²) in [6, 6.07) is 0. The summed E-state index contributed by atoms with van der Waals surface area (Å²) in [5.74, 6) is 0.0858. The van der Waals surface area contributed by atoms with Crippen LogP contribution in [-0.2, 0) is 19.9 Å². The first kappa shape index (κ1) is 18.4. The Labute approximate surface area is 139 Å². The lowest BCUT2D eigenvalue weighted by molar-refractivity contribution is 0.542. The van der Waals surface area contributed by atoms with Gasteiger partial charge in [-0.1, -0.05) is 0 Å². The van der Waals surface area contributed by atoms with Crippen molar-refractivity contribution in [2.75, 3.05) is 18.1 Å². The fourth-order valence-electron chi connectivity index (χ4n) is 3.20. The second kappa shape index (κ2) is 6.18. The molecule has 0 amide bonds. The molecule has 0 bridgehead atoms. The molecule has 0 radical (unpaired) electrons. The number of hydrogen-bond donors (Lipinski definition) is 1. The lowest BCUT2D eigenvalue weighted by Crippen LogP contribution is -2.31. The van der Waals surface area contributed by atoms with Crippen LogP contribution in [0.4, 0.5) is 0 Å². The molecule has 1 fully saturated rings. The first-order valence-electron chi connectivity index (χ1n) is 7.73. The van der Waals surface area contributed by atoms with Crippen molar-refractivity contribution in [3.63, 3.8) is 0 Å². The van der Waals surface area contributed by atoms with E-state index in [1.165, 1.54) is 0 Å². The monoisotopic (exact) mass is 359 g/mol. The highest BCUT2D eigenvalue weighted by molar-refractivity contribution is 7.91. The fraction of sp³-hybridized carbons (Fsp3) is 0.625. The Bertz CT molecular complexity index is 810. The van der Waals surface area contributed by atoms with E-state index >= 15 is 0 Å². The summed E-state index contributed by atoms with van der Waals surface area (Å²) in [5, 5.41) is 0. The number of hydrogen-bond acceptors (Lipinski definition) is 4. The average Bonchev–Trinajstić information content (AvgIpc) is 2.80. The maximum Gasteiger partial charge on any atom is 0.241 e. The van der Waals surface area contributed by atoms with Crippen LogP contribution in [-0.4, -0.2) is 34.9 Å². The van der Waals surface area contributed by atoms with Gasteiger partial charge in [-0.25, -0.2) is 21.6 Å². The summed E-state index contributed by atoms with van der Waals surface area (Å²) < 4.78 is 51.1. The third-order valence-corrected chi connectivity index (χ3v) is 8.62. The molecule has 2 rings (SSSR count). The van der Waals surface area contributed by atoms with E-state index in [9.17, 15) is 16.8 Å². The molecule has 1 aromatic carbocycles. The van der Waals surface area contributed by atoms with Crippen molar-refractivity contribution >= 4 is 19.9 Å². The molecule has 1 N–H and O–H groups in total. The van der Waals surface area contributed by atoms with E-state index in [2.05, 4.69) is 4.72 Å². The zero-order chi connectivity index (χ0) is 17.6. The molecule has 1 aliphatic heterocycles. The topological polar surface area (TPSA) is 80.3 Å². The Morgan fingerprint density at radius 3 is 1.87 bits per heavy atom. The van der Waals surface area contributed by atoms with Gasteiger partial charge < -0.3 is 0 Å². The zero-order valence-corrected chi connectivity index (χ0v) is 16.0. The highest BCUT2D eigenvalue weighted by atomic mass is 32.2. The summed E-state index contributed by atoms with van der Waals surface area (Å²) in [6.07, 6.45) is 0.523. The van der Waals surface area contributed by atoms with Crippen LogP contribution in [0.1, 0.15) is 34.2 Å². The van der Waals surface area contributed by atoms with E-state index in [4.69, 9.17) is 0 Å². The quantitative estimate of drug-likeness (QED) is 0.891. The summed E-state index contributed by atoms with van der Waals surface area (Å²) in [4.78, 5) is 0.332. The summed E-state index contributed by atoms with van der Waals surface area (Å²) in [6.45, 7) is 9.68. The molecule has 0 aromatic heterocycles. The molecule has 0 saturated carbocycles. The van der Waals surface area contributed by atoms with Gasteiger partial charge >= 0.3 is 0 Å². The molecule has 0 spiro atoms. The molecule has 5 nitrogen and oxygen atoms in total. The third-order valence-electron chi connectivity index (χ3n) is 5.09. The van der Waals surface area contributed by atoms with Gasteiger partial charge in [-0.15, -0.1) is 0 Å². The highest BCUT2D eigenvalue weighted by Crippen LogP contribution is 2.29. The normalized spacial score (nSPS) is 20.8. The number of sulfonamides is 1. The Morgan fingerprint density at radius 2 is 1.43 bits per heavy atom. The van der Waals surface area contributed by atoms with Crippen molar-refractivity contribution in [3.8, 4) is 0 Å². The average molecular weight is 360 g/mol. The van der Waals surface area contributed by atoms with Crippen molar-refractivity contribution in [3.05, 3.63) is 27.8 Å². The number of sulfone groups is 1. The Balaban J connectivity index is 2.31. The van der Waals surface area contributed by atoms with Crippen molar-refractivity contribution in [1.82, 2.24) is 4.72 Å². The van der Waals surface area contributed by atoms with Crippen molar-refractivity contribution in [2.24, 2.45) is 5.92 Å². The molecule has 0 aliphatic carbocycles. The van der Waals surface area contributed by atoms with Crippen LogP contribution >= 0.6 is 0 Å². The molecule has 7 heteroatoms. The molecular weight excluding hydrogens is 334 g/mol. The Kier molecular flexibility index (Phi) is 4.95. The second-order valence-corrected chi connectivity index (χ2v) is 10.5. The van der Waals surface area contributed by atoms with Gasteiger partial charge in [0, 0.05) is 6.54 Å². The fourth-order valence-corrected chi connectivity index (χ4v) is 6.78. The number of benzene rings is 1. The van der Waals surface area contributed by atoms with E-state index in [1.54, 1.807) is 0 Å². The molecule has 1 aromatic rings. The Morgan fingerprint density at radius 1 is 0.957 bits per heavy atom. The second-order valence-electron chi connectivity index (χ2n) is 6.58. The van der Waals surface area contributed by atoms with Crippen molar-refractivity contribution < 1.29 is 16.8 Å².